The fourth-order valence-electron chi connectivity index (χ4n) is 3.45. The third-order valence-corrected chi connectivity index (χ3v) is 5.11. The van der Waals surface area contributed by atoms with Gasteiger partial charge in [-0.05, 0) is 36.2 Å². The number of hydrogen-bond acceptors (Lipinski definition) is 4. The zero-order valence-corrected chi connectivity index (χ0v) is 17.3. The maximum atomic E-state index is 12.8. The summed E-state index contributed by atoms with van der Waals surface area (Å²) in [6.45, 7) is 3.63. The van der Waals surface area contributed by atoms with Crippen molar-refractivity contribution >= 4 is 16.9 Å². The number of benzene rings is 2. The number of carbonyl (C=O) groups excluding carboxylic acids is 1. The first kappa shape index (κ1) is 20.3. The number of H-pyrrole nitrogens is 1. The molecule has 0 aliphatic carbocycles. The average Bonchev–Trinajstić information content (AvgIpc) is 3.30. The first-order chi connectivity index (χ1) is 15.1. The molecule has 4 rings (SSSR count). The molecule has 0 spiro atoms. The van der Waals surface area contributed by atoms with Gasteiger partial charge in [0.2, 0.25) is 0 Å². The number of nitrogens with one attached hydrogen (secondary N) is 2. The molecule has 8 nitrogen and oxygen atoms in total. The van der Waals surface area contributed by atoms with Crippen LogP contribution < -0.4 is 10.9 Å². The Morgan fingerprint density at radius 3 is 2.65 bits per heavy atom. The fraction of sp³-hybridized carbons (Fsp3) is 0.217. The Bertz CT molecular complexity index is 1230. The van der Waals surface area contributed by atoms with Crippen LogP contribution in [-0.4, -0.2) is 37.2 Å². The molecule has 2 heterocycles. The van der Waals surface area contributed by atoms with Crippen molar-refractivity contribution in [2.75, 3.05) is 6.54 Å². The van der Waals surface area contributed by atoms with E-state index >= 15 is 0 Å². The van der Waals surface area contributed by atoms with E-state index in [2.05, 4.69) is 20.4 Å². The lowest BCUT2D eigenvalue weighted by molar-refractivity contribution is 0.196. The highest BCUT2D eigenvalue weighted by atomic mass is 16.2. The van der Waals surface area contributed by atoms with Crippen molar-refractivity contribution in [3.05, 3.63) is 94.3 Å². The van der Waals surface area contributed by atoms with Crippen molar-refractivity contribution in [2.24, 2.45) is 0 Å². The van der Waals surface area contributed by atoms with E-state index in [4.69, 9.17) is 0 Å². The van der Waals surface area contributed by atoms with Gasteiger partial charge in [-0.2, -0.15) is 5.10 Å². The minimum atomic E-state index is -0.216. The summed E-state index contributed by atoms with van der Waals surface area (Å²) in [6.07, 6.45) is 3.65. The van der Waals surface area contributed by atoms with E-state index in [9.17, 15) is 9.59 Å². The normalized spacial score (nSPS) is 10.9. The van der Waals surface area contributed by atoms with Crippen molar-refractivity contribution in [2.45, 2.75) is 26.6 Å². The van der Waals surface area contributed by atoms with Crippen LogP contribution in [0, 0.1) is 0 Å². The number of carbonyl (C=O) groups is 1. The van der Waals surface area contributed by atoms with Crippen LogP contribution in [0.2, 0.25) is 0 Å². The lowest BCUT2D eigenvalue weighted by Gasteiger charge is -2.21. The summed E-state index contributed by atoms with van der Waals surface area (Å²) in [5.41, 5.74) is 2.53. The average molecular weight is 416 g/mol. The largest absolute Gasteiger partial charge is 0.334 e. The van der Waals surface area contributed by atoms with Gasteiger partial charge < -0.3 is 15.2 Å². The van der Waals surface area contributed by atoms with Gasteiger partial charge in [0.1, 0.15) is 5.82 Å². The Morgan fingerprint density at radius 2 is 1.87 bits per heavy atom. The molecule has 0 saturated carbocycles. The van der Waals surface area contributed by atoms with Crippen LogP contribution in [0.5, 0.6) is 0 Å². The zero-order valence-electron chi connectivity index (χ0n) is 17.3. The highest BCUT2D eigenvalue weighted by molar-refractivity contribution is 5.77. The second kappa shape index (κ2) is 9.25. The monoisotopic (exact) mass is 416 g/mol. The summed E-state index contributed by atoms with van der Waals surface area (Å²) >= 11 is 0. The van der Waals surface area contributed by atoms with Crippen LogP contribution in [0.4, 0.5) is 4.79 Å². The molecule has 2 aromatic carbocycles. The minimum absolute atomic E-state index is 0.204. The smallest absolute Gasteiger partial charge is 0.318 e. The van der Waals surface area contributed by atoms with Gasteiger partial charge in [-0.1, -0.05) is 36.4 Å². The van der Waals surface area contributed by atoms with Gasteiger partial charge in [0.05, 0.1) is 24.0 Å². The highest BCUT2D eigenvalue weighted by Gasteiger charge is 2.15. The molecule has 31 heavy (non-hydrogen) atoms. The lowest BCUT2D eigenvalue weighted by Crippen LogP contribution is -2.39. The standard InChI is InChI=1S/C23H24N6O2/c1-2-28(16-21-26-20-11-6-5-10-19(20)22(30)27-21)23(31)24-14-17-8-3-4-9-18(17)15-29-13-7-12-25-29/h3-13H,2,14-16H2,1H3,(H,24,31)(H,26,27,30). The molecule has 2 aromatic heterocycles. The van der Waals surface area contributed by atoms with Crippen LogP contribution in [0.25, 0.3) is 10.9 Å². The van der Waals surface area contributed by atoms with Crippen molar-refractivity contribution in [3.63, 3.8) is 0 Å². The van der Waals surface area contributed by atoms with Gasteiger partial charge in [-0.3, -0.25) is 9.48 Å². The summed E-state index contributed by atoms with van der Waals surface area (Å²) in [7, 11) is 0. The minimum Gasteiger partial charge on any atom is -0.334 e. The predicted molar refractivity (Wildman–Crippen MR) is 118 cm³/mol. The fourth-order valence-corrected chi connectivity index (χ4v) is 3.45. The Kier molecular flexibility index (Phi) is 6.07. The van der Waals surface area contributed by atoms with Gasteiger partial charge in [-0.15, -0.1) is 0 Å². The van der Waals surface area contributed by atoms with Gasteiger partial charge in [-0.25, -0.2) is 9.78 Å². The molecule has 0 saturated heterocycles. The van der Waals surface area contributed by atoms with E-state index < -0.39 is 0 Å². The maximum absolute atomic E-state index is 12.8. The first-order valence-corrected chi connectivity index (χ1v) is 10.2. The molecule has 0 radical (unpaired) electrons. The van der Waals surface area contributed by atoms with Crippen LogP contribution >= 0.6 is 0 Å². The van der Waals surface area contributed by atoms with Crippen LogP contribution in [0.15, 0.2) is 71.8 Å². The second-order valence-electron chi connectivity index (χ2n) is 7.18. The SMILES string of the molecule is CCN(Cc1nc2ccccc2c(=O)[nH]1)C(=O)NCc1ccccc1Cn1cccn1. The molecule has 8 heteroatoms. The van der Waals surface area contributed by atoms with Crippen molar-refractivity contribution < 1.29 is 4.79 Å². The molecule has 158 valence electrons. The van der Waals surface area contributed by atoms with Crippen LogP contribution in [0.1, 0.15) is 23.9 Å². The summed E-state index contributed by atoms with van der Waals surface area (Å²) in [6, 6.07) is 16.8. The van der Waals surface area contributed by atoms with Crippen molar-refractivity contribution in [1.82, 2.24) is 30.0 Å². The molecule has 0 aliphatic rings. The number of amides is 2. The number of fused-ring (bicyclic) bond motifs is 1. The Labute approximate surface area is 179 Å². The predicted octanol–water partition coefficient (Wildman–Crippen LogP) is 2.90. The molecule has 4 aromatic rings. The van der Waals surface area contributed by atoms with Crippen LogP contribution in [-0.2, 0) is 19.6 Å². The Balaban J connectivity index is 1.44. The van der Waals surface area contributed by atoms with E-state index in [0.29, 0.717) is 36.4 Å². The van der Waals surface area contributed by atoms with Gasteiger partial charge in [0.25, 0.3) is 5.56 Å². The second-order valence-corrected chi connectivity index (χ2v) is 7.18. The summed E-state index contributed by atoms with van der Waals surface area (Å²) in [5, 5.41) is 7.76. The van der Waals surface area contributed by atoms with E-state index in [1.54, 1.807) is 29.3 Å². The molecule has 2 N–H and O–H groups in total. The summed E-state index contributed by atoms with van der Waals surface area (Å²) in [4.78, 5) is 34.0. The Hall–Kier alpha value is -3.94. The van der Waals surface area contributed by atoms with E-state index in [1.807, 2.05) is 54.2 Å². The van der Waals surface area contributed by atoms with E-state index in [0.717, 1.165) is 11.1 Å². The van der Waals surface area contributed by atoms with Gasteiger partial charge in [0, 0.05) is 25.5 Å². The van der Waals surface area contributed by atoms with Crippen molar-refractivity contribution in [1.29, 1.82) is 0 Å². The van der Waals surface area contributed by atoms with Crippen LogP contribution in [0.3, 0.4) is 0 Å². The number of nitrogens with zero attached hydrogens (tertiary/aromatic N) is 4. The molecular formula is C23H24N6O2. The number of aromatic nitrogens is 4. The zero-order chi connectivity index (χ0) is 21.6. The Morgan fingerprint density at radius 1 is 1.10 bits per heavy atom. The maximum Gasteiger partial charge on any atom is 0.318 e. The highest BCUT2D eigenvalue weighted by Crippen LogP contribution is 2.11. The molecular weight excluding hydrogens is 392 g/mol. The summed E-state index contributed by atoms with van der Waals surface area (Å²) in [5.74, 6) is 0.458. The van der Waals surface area contributed by atoms with E-state index in [1.165, 1.54) is 0 Å². The molecule has 2 amide bonds. The van der Waals surface area contributed by atoms with Crippen molar-refractivity contribution in [3.8, 4) is 0 Å². The molecule has 0 aliphatic heterocycles. The van der Waals surface area contributed by atoms with Gasteiger partial charge >= 0.3 is 6.03 Å². The number of urea groups is 1. The topological polar surface area (TPSA) is 95.9 Å². The molecule has 0 unspecified atom stereocenters. The van der Waals surface area contributed by atoms with E-state index in [-0.39, 0.29) is 18.1 Å². The molecule has 0 bridgehead atoms. The lowest BCUT2D eigenvalue weighted by atomic mass is 10.1. The third-order valence-electron chi connectivity index (χ3n) is 5.11. The summed E-state index contributed by atoms with van der Waals surface area (Å²) < 4.78 is 1.85. The molecule has 0 fully saturated rings. The van der Waals surface area contributed by atoms with Gasteiger partial charge in [0.15, 0.2) is 0 Å². The molecule has 0 atom stereocenters. The number of rotatable bonds is 7. The third kappa shape index (κ3) is 4.80. The number of hydrogen-bond donors (Lipinski definition) is 2. The number of para-hydroxylation sites is 1. The quantitative estimate of drug-likeness (QED) is 0.484. The number of aromatic amines is 1. The first-order valence-electron chi connectivity index (χ1n) is 10.2.